The van der Waals surface area contributed by atoms with Gasteiger partial charge in [-0.05, 0) is 25.7 Å². The normalized spacial score (nSPS) is 48.5. The molecule has 0 saturated heterocycles. The van der Waals surface area contributed by atoms with Gasteiger partial charge in [0.15, 0.2) is 0 Å². The molecule has 0 bridgehead atoms. The molecule has 0 atom stereocenters. The third-order valence-corrected chi connectivity index (χ3v) is 3.98. The van der Waals surface area contributed by atoms with E-state index in [1.54, 1.807) is 0 Å². The highest BCUT2D eigenvalue weighted by molar-refractivity contribution is 5.11. The monoisotopic (exact) mass is 168 g/mol. The zero-order chi connectivity index (χ0) is 8.66. The topological polar surface area (TPSA) is 52.0 Å². The molecule has 2 aliphatic carbocycles. The SMILES string of the molecule is NC12CCCCC1(N)CCCC2. The summed E-state index contributed by atoms with van der Waals surface area (Å²) in [7, 11) is 0. The Balaban J connectivity index is 2.20. The molecule has 4 N–H and O–H groups in total. The number of fused-ring (bicyclic) bond motifs is 1. The molecule has 12 heavy (non-hydrogen) atoms. The van der Waals surface area contributed by atoms with Crippen LogP contribution in [-0.2, 0) is 0 Å². The molecule has 2 aliphatic rings. The lowest BCUT2D eigenvalue weighted by Gasteiger charge is -2.52. The van der Waals surface area contributed by atoms with Gasteiger partial charge >= 0.3 is 0 Å². The maximum atomic E-state index is 6.37. The van der Waals surface area contributed by atoms with Crippen molar-refractivity contribution in [2.45, 2.75) is 62.4 Å². The van der Waals surface area contributed by atoms with Crippen LogP contribution in [0, 0.1) is 0 Å². The molecular weight excluding hydrogens is 148 g/mol. The van der Waals surface area contributed by atoms with Gasteiger partial charge < -0.3 is 11.5 Å². The van der Waals surface area contributed by atoms with Crippen molar-refractivity contribution in [3.63, 3.8) is 0 Å². The second-order valence-corrected chi connectivity index (χ2v) is 4.73. The molecule has 0 aromatic heterocycles. The summed E-state index contributed by atoms with van der Waals surface area (Å²) in [5, 5.41) is 0. The van der Waals surface area contributed by atoms with E-state index in [1.165, 1.54) is 25.7 Å². The Morgan fingerprint density at radius 1 is 0.583 bits per heavy atom. The molecular formula is C10H20N2. The molecule has 0 aliphatic heterocycles. The van der Waals surface area contributed by atoms with Crippen LogP contribution in [0.15, 0.2) is 0 Å². The predicted molar refractivity (Wildman–Crippen MR) is 50.8 cm³/mol. The second kappa shape index (κ2) is 2.71. The quantitative estimate of drug-likeness (QED) is 0.576. The minimum absolute atomic E-state index is 0.0104. The van der Waals surface area contributed by atoms with Crippen LogP contribution in [0.3, 0.4) is 0 Å². The number of hydrogen-bond acceptors (Lipinski definition) is 2. The highest BCUT2D eigenvalue weighted by Crippen LogP contribution is 2.43. The average molecular weight is 168 g/mol. The summed E-state index contributed by atoms with van der Waals surface area (Å²) in [5.74, 6) is 0. The minimum atomic E-state index is -0.0104. The fourth-order valence-electron chi connectivity index (χ4n) is 3.01. The zero-order valence-corrected chi connectivity index (χ0v) is 7.81. The Bertz CT molecular complexity index is 145. The van der Waals surface area contributed by atoms with Crippen LogP contribution in [0.1, 0.15) is 51.4 Å². The van der Waals surface area contributed by atoms with E-state index in [0.29, 0.717) is 0 Å². The van der Waals surface area contributed by atoms with Gasteiger partial charge in [0, 0.05) is 11.1 Å². The Hall–Kier alpha value is -0.0800. The molecule has 0 amide bonds. The fourth-order valence-corrected chi connectivity index (χ4v) is 3.01. The van der Waals surface area contributed by atoms with E-state index in [2.05, 4.69) is 0 Å². The first-order chi connectivity index (χ1) is 5.66. The summed E-state index contributed by atoms with van der Waals surface area (Å²) in [5.41, 5.74) is 12.7. The Morgan fingerprint density at radius 2 is 0.833 bits per heavy atom. The van der Waals surface area contributed by atoms with Crippen LogP contribution in [-0.4, -0.2) is 11.1 Å². The zero-order valence-electron chi connectivity index (χ0n) is 7.81. The molecule has 0 heterocycles. The Morgan fingerprint density at radius 3 is 1.08 bits per heavy atom. The maximum Gasteiger partial charge on any atom is 0.0336 e. The van der Waals surface area contributed by atoms with Crippen LogP contribution >= 0.6 is 0 Å². The van der Waals surface area contributed by atoms with Gasteiger partial charge in [0.25, 0.3) is 0 Å². The molecule has 70 valence electrons. The van der Waals surface area contributed by atoms with Gasteiger partial charge in [-0.1, -0.05) is 25.7 Å². The van der Waals surface area contributed by atoms with E-state index >= 15 is 0 Å². The molecule has 2 heteroatoms. The highest BCUT2D eigenvalue weighted by Gasteiger charge is 2.48. The molecule has 2 saturated carbocycles. The van der Waals surface area contributed by atoms with Crippen molar-refractivity contribution < 1.29 is 0 Å². The van der Waals surface area contributed by atoms with E-state index in [4.69, 9.17) is 11.5 Å². The van der Waals surface area contributed by atoms with E-state index in [0.717, 1.165) is 25.7 Å². The summed E-state index contributed by atoms with van der Waals surface area (Å²) < 4.78 is 0. The first kappa shape index (κ1) is 8.52. The van der Waals surface area contributed by atoms with Crippen molar-refractivity contribution >= 4 is 0 Å². The lowest BCUT2D eigenvalue weighted by Crippen LogP contribution is -2.68. The lowest BCUT2D eigenvalue weighted by molar-refractivity contribution is 0.0949. The first-order valence-corrected chi connectivity index (χ1v) is 5.24. The standard InChI is InChI=1S/C10H20N2/c11-9-5-1-2-6-10(9,12)8-4-3-7-9/h1-8,11-12H2. The summed E-state index contributed by atoms with van der Waals surface area (Å²) in [6, 6.07) is 0. The molecule has 0 spiro atoms. The van der Waals surface area contributed by atoms with Gasteiger partial charge in [-0.25, -0.2) is 0 Å². The Kier molecular flexibility index (Phi) is 1.92. The minimum Gasteiger partial charge on any atom is -0.324 e. The van der Waals surface area contributed by atoms with Gasteiger partial charge in [0.1, 0.15) is 0 Å². The molecule has 0 unspecified atom stereocenters. The highest BCUT2D eigenvalue weighted by atomic mass is 14.9. The van der Waals surface area contributed by atoms with E-state index < -0.39 is 0 Å². The van der Waals surface area contributed by atoms with Gasteiger partial charge in [0.05, 0.1) is 0 Å². The molecule has 2 rings (SSSR count). The van der Waals surface area contributed by atoms with E-state index in [1.807, 2.05) is 0 Å². The van der Waals surface area contributed by atoms with Crippen LogP contribution in [0.25, 0.3) is 0 Å². The summed E-state index contributed by atoms with van der Waals surface area (Å²) in [6.07, 6.45) is 9.77. The third kappa shape index (κ3) is 1.09. The Labute approximate surface area is 74.7 Å². The number of rotatable bonds is 0. The smallest absolute Gasteiger partial charge is 0.0336 e. The summed E-state index contributed by atoms with van der Waals surface area (Å²) >= 11 is 0. The van der Waals surface area contributed by atoms with Crippen molar-refractivity contribution in [2.75, 3.05) is 0 Å². The molecule has 2 fully saturated rings. The van der Waals surface area contributed by atoms with E-state index in [-0.39, 0.29) is 11.1 Å². The molecule has 0 aromatic rings. The van der Waals surface area contributed by atoms with Crippen molar-refractivity contribution in [3.8, 4) is 0 Å². The summed E-state index contributed by atoms with van der Waals surface area (Å²) in [4.78, 5) is 0. The average Bonchev–Trinajstić information content (AvgIpc) is 2.05. The largest absolute Gasteiger partial charge is 0.324 e. The van der Waals surface area contributed by atoms with Crippen molar-refractivity contribution in [1.82, 2.24) is 0 Å². The van der Waals surface area contributed by atoms with Crippen LogP contribution in [0.5, 0.6) is 0 Å². The molecule has 0 aromatic carbocycles. The van der Waals surface area contributed by atoms with Gasteiger partial charge in [-0.3, -0.25) is 0 Å². The number of nitrogens with two attached hydrogens (primary N) is 2. The van der Waals surface area contributed by atoms with Crippen molar-refractivity contribution in [2.24, 2.45) is 11.5 Å². The second-order valence-electron chi connectivity index (χ2n) is 4.73. The van der Waals surface area contributed by atoms with Crippen LogP contribution in [0.4, 0.5) is 0 Å². The molecule has 0 radical (unpaired) electrons. The van der Waals surface area contributed by atoms with Crippen LogP contribution in [0.2, 0.25) is 0 Å². The molecule has 2 nitrogen and oxygen atoms in total. The maximum absolute atomic E-state index is 6.37. The van der Waals surface area contributed by atoms with Crippen molar-refractivity contribution in [1.29, 1.82) is 0 Å². The first-order valence-electron chi connectivity index (χ1n) is 5.24. The lowest BCUT2D eigenvalue weighted by atomic mass is 9.61. The summed E-state index contributed by atoms with van der Waals surface area (Å²) in [6.45, 7) is 0. The van der Waals surface area contributed by atoms with Crippen molar-refractivity contribution in [3.05, 3.63) is 0 Å². The van der Waals surface area contributed by atoms with Gasteiger partial charge in [-0.2, -0.15) is 0 Å². The third-order valence-electron chi connectivity index (χ3n) is 3.98. The predicted octanol–water partition coefficient (Wildman–Crippen LogP) is 1.53. The fraction of sp³-hybridized carbons (Fsp3) is 1.00. The van der Waals surface area contributed by atoms with Gasteiger partial charge in [0.2, 0.25) is 0 Å². The van der Waals surface area contributed by atoms with Crippen LogP contribution < -0.4 is 11.5 Å². The van der Waals surface area contributed by atoms with Gasteiger partial charge in [-0.15, -0.1) is 0 Å². The van der Waals surface area contributed by atoms with E-state index in [9.17, 15) is 0 Å². The number of hydrogen-bond donors (Lipinski definition) is 2.